The zero-order chi connectivity index (χ0) is 18.5. The van der Waals surface area contributed by atoms with Crippen LogP contribution in [0.4, 0.5) is 11.4 Å². The second-order valence-corrected chi connectivity index (χ2v) is 8.81. The molecular formula is C19H15BrN2O3S. The average Bonchev–Trinajstić information content (AvgIpc) is 2.83. The highest BCUT2D eigenvalue weighted by Gasteiger charge is 2.40. The molecule has 5 nitrogen and oxygen atoms in total. The molecule has 0 aromatic heterocycles. The van der Waals surface area contributed by atoms with E-state index in [1.165, 1.54) is 4.31 Å². The van der Waals surface area contributed by atoms with Gasteiger partial charge in [0.05, 0.1) is 10.6 Å². The fourth-order valence-corrected chi connectivity index (χ4v) is 5.52. The van der Waals surface area contributed by atoms with E-state index in [4.69, 9.17) is 0 Å². The summed E-state index contributed by atoms with van der Waals surface area (Å²) < 4.78 is 28.1. The molecule has 1 aliphatic rings. The highest BCUT2D eigenvalue weighted by Crippen LogP contribution is 2.43. The van der Waals surface area contributed by atoms with Crippen LogP contribution >= 0.6 is 15.9 Å². The van der Waals surface area contributed by atoms with Gasteiger partial charge in [0.15, 0.2) is 0 Å². The Morgan fingerprint density at radius 3 is 2.50 bits per heavy atom. The Balaban J connectivity index is 1.74. The van der Waals surface area contributed by atoms with Crippen molar-refractivity contribution in [3.05, 3.63) is 65.1 Å². The summed E-state index contributed by atoms with van der Waals surface area (Å²) in [7, 11) is -3.78. The van der Waals surface area contributed by atoms with Crippen LogP contribution in [0.2, 0.25) is 0 Å². The molecule has 0 spiro atoms. The maximum absolute atomic E-state index is 13.1. The van der Waals surface area contributed by atoms with E-state index in [-0.39, 0.29) is 4.90 Å². The molecular weight excluding hydrogens is 416 g/mol. The van der Waals surface area contributed by atoms with E-state index in [0.717, 1.165) is 9.86 Å². The van der Waals surface area contributed by atoms with Crippen LogP contribution in [0.1, 0.15) is 6.92 Å². The summed E-state index contributed by atoms with van der Waals surface area (Å²) in [6, 6.07) is 16.8. The predicted octanol–water partition coefficient (Wildman–Crippen LogP) is 4.14. The molecule has 4 rings (SSSR count). The SMILES string of the molecule is C[C@@H](C(=O)Nc1cccc(Br)c1)N1c2cccc3cccc(c23)S1(=O)=O. The first-order chi connectivity index (χ1) is 12.4. The summed E-state index contributed by atoms with van der Waals surface area (Å²) in [5, 5.41) is 4.28. The van der Waals surface area contributed by atoms with E-state index >= 15 is 0 Å². The van der Waals surface area contributed by atoms with Crippen molar-refractivity contribution in [3.63, 3.8) is 0 Å². The highest BCUT2D eigenvalue weighted by molar-refractivity contribution is 9.10. The Morgan fingerprint density at radius 1 is 1.08 bits per heavy atom. The molecule has 1 aliphatic heterocycles. The molecule has 7 heteroatoms. The van der Waals surface area contributed by atoms with Gasteiger partial charge in [-0.05, 0) is 42.6 Å². The number of carbonyl (C=O) groups is 1. The van der Waals surface area contributed by atoms with Crippen molar-refractivity contribution in [2.24, 2.45) is 0 Å². The molecule has 26 heavy (non-hydrogen) atoms. The molecule has 0 fully saturated rings. The minimum atomic E-state index is -3.78. The molecule has 0 saturated carbocycles. The lowest BCUT2D eigenvalue weighted by Gasteiger charge is -2.25. The Hall–Kier alpha value is -2.38. The van der Waals surface area contributed by atoms with E-state index in [1.807, 2.05) is 18.2 Å². The Morgan fingerprint density at radius 2 is 1.77 bits per heavy atom. The van der Waals surface area contributed by atoms with Crippen molar-refractivity contribution in [1.82, 2.24) is 0 Å². The molecule has 132 valence electrons. The molecule has 1 atom stereocenters. The van der Waals surface area contributed by atoms with E-state index < -0.39 is 22.0 Å². The first kappa shape index (κ1) is 17.1. The number of hydrogen-bond donors (Lipinski definition) is 1. The van der Waals surface area contributed by atoms with Crippen molar-refractivity contribution >= 4 is 54.0 Å². The number of benzene rings is 3. The highest BCUT2D eigenvalue weighted by atomic mass is 79.9. The van der Waals surface area contributed by atoms with Crippen LogP contribution in [0.15, 0.2) is 70.0 Å². The maximum atomic E-state index is 13.1. The van der Waals surface area contributed by atoms with Crippen molar-refractivity contribution in [2.45, 2.75) is 17.9 Å². The predicted molar refractivity (Wildman–Crippen MR) is 106 cm³/mol. The molecule has 1 heterocycles. The summed E-state index contributed by atoms with van der Waals surface area (Å²) >= 11 is 3.35. The Labute approximate surface area is 159 Å². The van der Waals surface area contributed by atoms with Gasteiger partial charge in [-0.3, -0.25) is 9.10 Å². The Bertz CT molecular complexity index is 1140. The zero-order valence-electron chi connectivity index (χ0n) is 13.8. The summed E-state index contributed by atoms with van der Waals surface area (Å²) in [5.74, 6) is -0.392. The normalized spacial score (nSPS) is 15.8. The minimum Gasteiger partial charge on any atom is -0.324 e. The summed E-state index contributed by atoms with van der Waals surface area (Å²) in [6.07, 6.45) is 0. The number of rotatable bonds is 3. The lowest BCUT2D eigenvalue weighted by molar-refractivity contribution is -0.116. The second-order valence-electron chi connectivity index (χ2n) is 6.11. The fraction of sp³-hybridized carbons (Fsp3) is 0.105. The summed E-state index contributed by atoms with van der Waals surface area (Å²) in [5.41, 5.74) is 1.14. The van der Waals surface area contributed by atoms with Crippen molar-refractivity contribution in [2.75, 3.05) is 9.62 Å². The number of anilines is 2. The van der Waals surface area contributed by atoms with E-state index in [9.17, 15) is 13.2 Å². The van der Waals surface area contributed by atoms with E-state index in [0.29, 0.717) is 16.8 Å². The van der Waals surface area contributed by atoms with Crippen LogP contribution < -0.4 is 9.62 Å². The van der Waals surface area contributed by atoms with Gasteiger partial charge in [0.25, 0.3) is 10.0 Å². The third-order valence-electron chi connectivity index (χ3n) is 4.44. The summed E-state index contributed by atoms with van der Waals surface area (Å²) in [6.45, 7) is 1.59. The molecule has 0 bridgehead atoms. The van der Waals surface area contributed by atoms with Gasteiger partial charge in [0.1, 0.15) is 6.04 Å². The minimum absolute atomic E-state index is 0.243. The number of halogens is 1. The van der Waals surface area contributed by atoms with Gasteiger partial charge in [0.2, 0.25) is 5.91 Å². The lowest BCUT2D eigenvalue weighted by atomic mass is 10.1. The molecule has 3 aromatic carbocycles. The second kappa shape index (κ2) is 6.10. The standard InChI is InChI=1S/C19H15BrN2O3S/c1-12(19(23)21-15-8-4-7-14(20)11-15)22-16-9-2-5-13-6-3-10-17(18(13)16)26(22,24)25/h2-12H,1H3,(H,21,23)/t12-/m0/s1. The van der Waals surface area contributed by atoms with Crippen LogP contribution in [0.5, 0.6) is 0 Å². The topological polar surface area (TPSA) is 66.5 Å². The molecule has 0 aliphatic carbocycles. The van der Waals surface area contributed by atoms with Crippen LogP contribution in [-0.4, -0.2) is 20.4 Å². The van der Waals surface area contributed by atoms with Gasteiger partial charge in [-0.15, -0.1) is 0 Å². The number of hydrogen-bond acceptors (Lipinski definition) is 3. The van der Waals surface area contributed by atoms with Crippen molar-refractivity contribution in [1.29, 1.82) is 0 Å². The Kier molecular flexibility index (Phi) is 4.00. The van der Waals surface area contributed by atoms with Gasteiger partial charge in [-0.2, -0.15) is 0 Å². The fourth-order valence-electron chi connectivity index (χ4n) is 3.26. The van der Waals surface area contributed by atoms with Crippen LogP contribution in [0.25, 0.3) is 10.8 Å². The maximum Gasteiger partial charge on any atom is 0.265 e. The lowest BCUT2D eigenvalue weighted by Crippen LogP contribution is -2.43. The van der Waals surface area contributed by atoms with Crippen molar-refractivity contribution in [3.8, 4) is 0 Å². The zero-order valence-corrected chi connectivity index (χ0v) is 16.2. The quantitative estimate of drug-likeness (QED) is 0.678. The monoisotopic (exact) mass is 430 g/mol. The van der Waals surface area contributed by atoms with Crippen LogP contribution in [-0.2, 0) is 14.8 Å². The first-order valence-electron chi connectivity index (χ1n) is 8.02. The molecule has 1 amide bonds. The van der Waals surface area contributed by atoms with Crippen LogP contribution in [0.3, 0.4) is 0 Å². The number of sulfonamides is 1. The first-order valence-corrected chi connectivity index (χ1v) is 10.3. The molecule has 0 saturated heterocycles. The third kappa shape index (κ3) is 2.59. The molecule has 3 aromatic rings. The van der Waals surface area contributed by atoms with Crippen LogP contribution in [0, 0.1) is 0 Å². The number of nitrogens with one attached hydrogen (secondary N) is 1. The van der Waals surface area contributed by atoms with Gasteiger partial charge >= 0.3 is 0 Å². The third-order valence-corrected chi connectivity index (χ3v) is 6.86. The average molecular weight is 431 g/mol. The smallest absolute Gasteiger partial charge is 0.265 e. The van der Waals surface area contributed by atoms with E-state index in [1.54, 1.807) is 49.4 Å². The van der Waals surface area contributed by atoms with E-state index in [2.05, 4.69) is 21.2 Å². The molecule has 0 radical (unpaired) electrons. The number of nitrogens with zero attached hydrogens (tertiary/aromatic N) is 1. The van der Waals surface area contributed by atoms with Gasteiger partial charge in [-0.1, -0.05) is 46.3 Å². The summed E-state index contributed by atoms with van der Waals surface area (Å²) in [4.78, 5) is 13.0. The molecule has 0 unspecified atom stereocenters. The van der Waals surface area contributed by atoms with Gasteiger partial charge in [-0.25, -0.2) is 8.42 Å². The van der Waals surface area contributed by atoms with Gasteiger partial charge < -0.3 is 5.32 Å². The largest absolute Gasteiger partial charge is 0.324 e. The number of carbonyl (C=O) groups excluding carboxylic acids is 1. The van der Waals surface area contributed by atoms with Crippen molar-refractivity contribution < 1.29 is 13.2 Å². The molecule has 1 N–H and O–H groups in total. The number of amides is 1. The van der Waals surface area contributed by atoms with Gasteiger partial charge in [0, 0.05) is 15.5 Å².